The molecular formula is C23H23N3O2S. The van der Waals surface area contributed by atoms with Crippen molar-refractivity contribution in [1.82, 2.24) is 4.98 Å². The van der Waals surface area contributed by atoms with Crippen LogP contribution in [0.5, 0.6) is 0 Å². The molecule has 0 aliphatic carbocycles. The second-order valence-corrected chi connectivity index (χ2v) is 9.40. The molecule has 2 aliphatic rings. The Labute approximate surface area is 173 Å². The van der Waals surface area contributed by atoms with Gasteiger partial charge in [-0.1, -0.05) is 13.8 Å². The maximum absolute atomic E-state index is 13.2. The molecule has 1 fully saturated rings. The third-order valence-corrected chi connectivity index (χ3v) is 7.31. The molecule has 1 N–H and O–H groups in total. The predicted octanol–water partition coefficient (Wildman–Crippen LogP) is 4.90. The fraction of sp³-hybridized carbons (Fsp3) is 0.348. The number of anilines is 1. The first-order chi connectivity index (χ1) is 13.8. The van der Waals surface area contributed by atoms with Crippen molar-refractivity contribution >= 4 is 44.5 Å². The van der Waals surface area contributed by atoms with Gasteiger partial charge >= 0.3 is 0 Å². The van der Waals surface area contributed by atoms with Gasteiger partial charge < -0.3 is 10.0 Å². The highest BCUT2D eigenvalue weighted by Crippen LogP contribution is 2.41. The van der Waals surface area contributed by atoms with Crippen LogP contribution in [0.3, 0.4) is 0 Å². The van der Waals surface area contributed by atoms with Crippen molar-refractivity contribution in [3.05, 3.63) is 52.0 Å². The second-order valence-electron chi connectivity index (χ2n) is 8.34. The van der Waals surface area contributed by atoms with Crippen LogP contribution in [0.25, 0.3) is 10.2 Å². The van der Waals surface area contributed by atoms with Crippen LogP contribution in [0, 0.1) is 13.8 Å². The topological polar surface area (TPSA) is 65.8 Å². The number of amidine groups is 1. The summed E-state index contributed by atoms with van der Waals surface area (Å²) in [6, 6.07) is 9.91. The molecule has 29 heavy (non-hydrogen) atoms. The van der Waals surface area contributed by atoms with Gasteiger partial charge in [0.05, 0.1) is 20.9 Å². The summed E-state index contributed by atoms with van der Waals surface area (Å²) >= 11 is 1.71. The van der Waals surface area contributed by atoms with Crippen LogP contribution in [0.2, 0.25) is 0 Å². The molecule has 5 rings (SSSR count). The van der Waals surface area contributed by atoms with Gasteiger partial charge in [0.1, 0.15) is 5.84 Å². The van der Waals surface area contributed by atoms with E-state index in [4.69, 9.17) is 9.98 Å². The van der Waals surface area contributed by atoms with Crippen molar-refractivity contribution < 1.29 is 9.90 Å². The van der Waals surface area contributed by atoms with Crippen molar-refractivity contribution in [1.29, 1.82) is 0 Å². The second kappa shape index (κ2) is 6.21. The van der Waals surface area contributed by atoms with Gasteiger partial charge in [0, 0.05) is 30.1 Å². The Kier molecular flexibility index (Phi) is 3.95. The third-order valence-electron chi connectivity index (χ3n) is 5.97. The summed E-state index contributed by atoms with van der Waals surface area (Å²) in [5.74, 6) is 0.563. The van der Waals surface area contributed by atoms with Gasteiger partial charge in [-0.3, -0.25) is 4.79 Å². The fourth-order valence-electron chi connectivity index (χ4n) is 4.09. The van der Waals surface area contributed by atoms with Gasteiger partial charge in [-0.15, -0.1) is 11.3 Å². The Hall–Kier alpha value is -2.57. The lowest BCUT2D eigenvalue weighted by molar-refractivity contribution is 0.0602. The van der Waals surface area contributed by atoms with Crippen LogP contribution < -0.4 is 4.90 Å². The standard InChI is InChI=1S/C23H23N3O2S/c1-12(2)21-24-18-11-15(5-6-19(18)29-21)26-8-7-23(28)20(27)16-9-13(3)14(4)10-17(16)25-22(23)26/h5-6,9-12,28H,7-8H2,1-4H3/t23-/m1/s1. The van der Waals surface area contributed by atoms with Crippen molar-refractivity contribution in [2.75, 3.05) is 11.4 Å². The molecule has 3 aromatic rings. The van der Waals surface area contributed by atoms with E-state index < -0.39 is 5.60 Å². The number of fused-ring (bicyclic) bond motifs is 3. The first-order valence-corrected chi connectivity index (χ1v) is 10.8. The first kappa shape index (κ1) is 18.5. The van der Waals surface area contributed by atoms with Crippen LogP contribution in [0.15, 0.2) is 35.3 Å². The average molecular weight is 406 g/mol. The van der Waals surface area contributed by atoms with Crippen LogP contribution in [0.4, 0.5) is 11.4 Å². The normalized spacial score (nSPS) is 21.0. The number of carbonyl (C=O) groups excluding carboxylic acids is 1. The molecule has 0 amide bonds. The highest BCUT2D eigenvalue weighted by atomic mass is 32.1. The van der Waals surface area contributed by atoms with E-state index in [1.807, 2.05) is 43.0 Å². The van der Waals surface area contributed by atoms with Gasteiger partial charge in [-0.25, -0.2) is 9.98 Å². The maximum Gasteiger partial charge on any atom is 0.204 e. The van der Waals surface area contributed by atoms with E-state index in [1.54, 1.807) is 11.3 Å². The Bertz CT molecular complexity index is 1210. The molecule has 0 spiro atoms. The number of aliphatic hydroxyl groups is 1. The van der Waals surface area contributed by atoms with E-state index in [0.29, 0.717) is 36.0 Å². The molecule has 1 aromatic heterocycles. The number of Topliss-reactive ketones (excluding diaryl/α,β-unsaturated/α-hetero) is 1. The van der Waals surface area contributed by atoms with E-state index >= 15 is 0 Å². The minimum Gasteiger partial charge on any atom is -0.374 e. The lowest BCUT2D eigenvalue weighted by atomic mass is 9.86. The van der Waals surface area contributed by atoms with Gasteiger partial charge in [-0.05, 0) is 55.3 Å². The molecule has 2 aliphatic heterocycles. The summed E-state index contributed by atoms with van der Waals surface area (Å²) in [4.78, 5) is 24.7. The van der Waals surface area contributed by atoms with Crippen LogP contribution in [-0.4, -0.2) is 33.9 Å². The molecule has 1 atom stereocenters. The lowest BCUT2D eigenvalue weighted by Crippen LogP contribution is -2.48. The quantitative estimate of drug-likeness (QED) is 0.658. The summed E-state index contributed by atoms with van der Waals surface area (Å²) in [5.41, 5.74) is 3.56. The summed E-state index contributed by atoms with van der Waals surface area (Å²) in [7, 11) is 0. The SMILES string of the molecule is Cc1cc2c(cc1C)C(=O)[C@]1(O)CCN(c3ccc4sc(C(C)C)nc4c3)C1=N2. The predicted molar refractivity (Wildman–Crippen MR) is 118 cm³/mol. The van der Waals surface area contributed by atoms with Crippen LogP contribution >= 0.6 is 11.3 Å². The lowest BCUT2D eigenvalue weighted by Gasteiger charge is -2.30. The third kappa shape index (κ3) is 2.66. The number of hydrogen-bond acceptors (Lipinski definition) is 6. The molecule has 5 nitrogen and oxygen atoms in total. The van der Waals surface area contributed by atoms with Crippen molar-refractivity contribution in [3.63, 3.8) is 0 Å². The molecule has 0 bridgehead atoms. The fourth-order valence-corrected chi connectivity index (χ4v) is 5.04. The van der Waals surface area contributed by atoms with Gasteiger partial charge in [0.25, 0.3) is 0 Å². The maximum atomic E-state index is 13.2. The molecule has 148 valence electrons. The number of aromatic nitrogens is 1. The number of carbonyl (C=O) groups is 1. The first-order valence-electron chi connectivity index (χ1n) is 9.93. The van der Waals surface area contributed by atoms with Crippen molar-refractivity contribution in [2.45, 2.75) is 45.6 Å². The molecule has 0 radical (unpaired) electrons. The number of ketones is 1. The minimum atomic E-state index is -1.56. The van der Waals surface area contributed by atoms with Crippen molar-refractivity contribution in [3.8, 4) is 0 Å². The Balaban J connectivity index is 1.62. The Morgan fingerprint density at radius 1 is 1.17 bits per heavy atom. The highest BCUT2D eigenvalue weighted by molar-refractivity contribution is 7.18. The van der Waals surface area contributed by atoms with E-state index in [2.05, 4.69) is 19.9 Å². The number of thiazole rings is 1. The zero-order valence-electron chi connectivity index (χ0n) is 17.0. The van der Waals surface area contributed by atoms with E-state index in [0.717, 1.165) is 32.0 Å². The summed E-state index contributed by atoms with van der Waals surface area (Å²) in [6.45, 7) is 8.81. The van der Waals surface area contributed by atoms with Crippen molar-refractivity contribution in [2.24, 2.45) is 4.99 Å². The average Bonchev–Trinajstić information content (AvgIpc) is 3.25. The summed E-state index contributed by atoms with van der Waals surface area (Å²) in [6.07, 6.45) is 0.337. The highest BCUT2D eigenvalue weighted by Gasteiger charge is 2.52. The number of nitrogens with zero attached hydrogens (tertiary/aromatic N) is 3. The van der Waals surface area contributed by atoms with Crippen LogP contribution in [-0.2, 0) is 0 Å². The molecule has 2 aromatic carbocycles. The Morgan fingerprint density at radius 3 is 2.69 bits per heavy atom. The zero-order chi connectivity index (χ0) is 20.5. The molecule has 1 saturated heterocycles. The van der Waals surface area contributed by atoms with Crippen LogP contribution in [0.1, 0.15) is 52.7 Å². The molecular weight excluding hydrogens is 382 g/mol. The largest absolute Gasteiger partial charge is 0.374 e. The Morgan fingerprint density at radius 2 is 1.93 bits per heavy atom. The van der Waals surface area contributed by atoms with Gasteiger partial charge in [0.15, 0.2) is 5.60 Å². The van der Waals surface area contributed by atoms with Gasteiger partial charge in [0.2, 0.25) is 5.78 Å². The summed E-state index contributed by atoms with van der Waals surface area (Å²) in [5, 5.41) is 12.4. The monoisotopic (exact) mass is 405 g/mol. The number of aryl methyl sites for hydroxylation is 2. The smallest absolute Gasteiger partial charge is 0.204 e. The number of rotatable bonds is 2. The van der Waals surface area contributed by atoms with E-state index in [9.17, 15) is 9.90 Å². The summed E-state index contributed by atoms with van der Waals surface area (Å²) < 4.78 is 1.14. The number of hydrogen-bond donors (Lipinski definition) is 1. The molecule has 0 unspecified atom stereocenters. The van der Waals surface area contributed by atoms with E-state index in [-0.39, 0.29) is 5.78 Å². The minimum absolute atomic E-state index is 0.250. The van der Waals surface area contributed by atoms with E-state index in [1.165, 1.54) is 0 Å². The number of aliphatic imine (C=N–C) groups is 1. The molecule has 6 heteroatoms. The van der Waals surface area contributed by atoms with Gasteiger partial charge in [-0.2, -0.15) is 0 Å². The zero-order valence-corrected chi connectivity index (χ0v) is 17.8. The number of benzene rings is 2. The molecule has 3 heterocycles. The molecule has 0 saturated carbocycles.